The monoisotopic (exact) mass is 294 g/mol. The van der Waals surface area contributed by atoms with Gasteiger partial charge in [-0.05, 0) is 43.6 Å². The molecule has 0 bridgehead atoms. The molecule has 0 aromatic heterocycles. The van der Waals surface area contributed by atoms with Gasteiger partial charge in [0, 0.05) is 39.3 Å². The fraction of sp³-hybridized carbons (Fsp3) is 1.00. The number of hydrogen-bond donors (Lipinski definition) is 0. The van der Waals surface area contributed by atoms with Gasteiger partial charge in [-0.2, -0.15) is 0 Å². The van der Waals surface area contributed by atoms with Crippen molar-refractivity contribution >= 4 is 0 Å². The second-order valence-electron chi connectivity index (χ2n) is 7.80. The van der Waals surface area contributed by atoms with E-state index in [2.05, 4.69) is 16.7 Å². The Hall–Kier alpha value is -0.120. The van der Waals surface area contributed by atoms with Crippen molar-refractivity contribution in [3.05, 3.63) is 0 Å². The number of ether oxygens (including phenoxy) is 1. The minimum absolute atomic E-state index is 0.806. The second kappa shape index (κ2) is 7.94. The van der Waals surface area contributed by atoms with Crippen LogP contribution in [-0.4, -0.2) is 62.3 Å². The molecule has 3 aliphatic rings. The maximum Gasteiger partial charge on any atom is 0.0507 e. The van der Waals surface area contributed by atoms with E-state index in [9.17, 15) is 0 Å². The minimum atomic E-state index is 0.806. The summed E-state index contributed by atoms with van der Waals surface area (Å²) in [6.45, 7) is 12.2. The number of piperazine rings is 1. The van der Waals surface area contributed by atoms with Crippen LogP contribution in [0.2, 0.25) is 0 Å². The normalized spacial score (nSPS) is 36.1. The maximum absolute atomic E-state index is 5.50. The third kappa shape index (κ3) is 4.94. The summed E-state index contributed by atoms with van der Waals surface area (Å²) in [7, 11) is 0. The van der Waals surface area contributed by atoms with Gasteiger partial charge < -0.3 is 14.5 Å². The first kappa shape index (κ1) is 15.8. The van der Waals surface area contributed by atoms with Crippen molar-refractivity contribution in [1.82, 2.24) is 9.80 Å². The highest BCUT2D eigenvalue weighted by atomic mass is 16.5. The maximum atomic E-state index is 5.50. The van der Waals surface area contributed by atoms with E-state index in [4.69, 9.17) is 4.74 Å². The molecular formula is C18H34N2O. The first-order chi connectivity index (χ1) is 10.3. The molecule has 1 aliphatic carbocycles. The van der Waals surface area contributed by atoms with Gasteiger partial charge >= 0.3 is 0 Å². The van der Waals surface area contributed by atoms with E-state index in [-0.39, 0.29) is 0 Å². The van der Waals surface area contributed by atoms with Gasteiger partial charge in [0.15, 0.2) is 0 Å². The standard InChI is InChI=1S/C18H34N2O/c1-16-3-2-4-17(13-16)5-7-19-8-10-20(11-9-19)14-18-6-12-21-15-18/h16-18H,2-15H2,1H3/t16-,17+,18+/m1/s1. The molecule has 2 aliphatic heterocycles. The van der Waals surface area contributed by atoms with Gasteiger partial charge in [0.2, 0.25) is 0 Å². The van der Waals surface area contributed by atoms with Crippen molar-refractivity contribution in [3.8, 4) is 0 Å². The Labute approximate surface area is 131 Å². The molecule has 3 rings (SSSR count). The van der Waals surface area contributed by atoms with Gasteiger partial charge in [0.25, 0.3) is 0 Å². The molecule has 0 aromatic rings. The predicted molar refractivity (Wildman–Crippen MR) is 87.5 cm³/mol. The molecule has 0 N–H and O–H groups in total. The van der Waals surface area contributed by atoms with Crippen molar-refractivity contribution in [2.24, 2.45) is 17.8 Å². The number of hydrogen-bond acceptors (Lipinski definition) is 3. The van der Waals surface area contributed by atoms with Crippen molar-refractivity contribution < 1.29 is 4.74 Å². The fourth-order valence-electron chi connectivity index (χ4n) is 4.48. The Morgan fingerprint density at radius 3 is 2.48 bits per heavy atom. The van der Waals surface area contributed by atoms with Gasteiger partial charge in [-0.3, -0.25) is 0 Å². The third-order valence-electron chi connectivity index (χ3n) is 5.90. The quantitative estimate of drug-likeness (QED) is 0.775. The summed E-state index contributed by atoms with van der Waals surface area (Å²) in [4.78, 5) is 5.37. The molecule has 1 saturated carbocycles. The lowest BCUT2D eigenvalue weighted by atomic mass is 9.81. The van der Waals surface area contributed by atoms with Gasteiger partial charge in [0.05, 0.1) is 6.61 Å². The Morgan fingerprint density at radius 2 is 1.76 bits per heavy atom. The van der Waals surface area contributed by atoms with Crippen LogP contribution in [0.5, 0.6) is 0 Å². The van der Waals surface area contributed by atoms with Crippen LogP contribution in [0.1, 0.15) is 45.4 Å². The zero-order valence-electron chi connectivity index (χ0n) is 13.9. The molecule has 3 fully saturated rings. The molecule has 21 heavy (non-hydrogen) atoms. The molecule has 0 aromatic carbocycles. The average Bonchev–Trinajstić information content (AvgIpc) is 3.00. The Morgan fingerprint density at radius 1 is 0.952 bits per heavy atom. The van der Waals surface area contributed by atoms with E-state index in [1.807, 2.05) is 0 Å². The fourth-order valence-corrected chi connectivity index (χ4v) is 4.48. The molecule has 0 radical (unpaired) electrons. The summed E-state index contributed by atoms with van der Waals surface area (Å²) in [5.41, 5.74) is 0. The van der Waals surface area contributed by atoms with Crippen LogP contribution in [0.4, 0.5) is 0 Å². The smallest absolute Gasteiger partial charge is 0.0507 e. The Bertz CT molecular complexity index is 296. The summed E-state index contributed by atoms with van der Waals surface area (Å²) in [6, 6.07) is 0. The average molecular weight is 294 g/mol. The van der Waals surface area contributed by atoms with Crippen LogP contribution >= 0.6 is 0 Å². The molecule has 3 heteroatoms. The van der Waals surface area contributed by atoms with Crippen LogP contribution in [-0.2, 0) is 4.74 Å². The lowest BCUT2D eigenvalue weighted by Gasteiger charge is -2.37. The zero-order chi connectivity index (χ0) is 14.5. The number of nitrogens with zero attached hydrogens (tertiary/aromatic N) is 2. The Kier molecular flexibility index (Phi) is 5.96. The molecule has 3 nitrogen and oxygen atoms in total. The SMILES string of the molecule is C[C@@H]1CCC[C@@H](CCN2CCN(C[C@@H]3CCOC3)CC2)C1. The summed E-state index contributed by atoms with van der Waals surface area (Å²) in [5, 5.41) is 0. The third-order valence-corrected chi connectivity index (χ3v) is 5.90. The molecule has 0 amide bonds. The van der Waals surface area contributed by atoms with Crippen LogP contribution in [0, 0.1) is 17.8 Å². The second-order valence-corrected chi connectivity index (χ2v) is 7.80. The van der Waals surface area contributed by atoms with E-state index < -0.39 is 0 Å². The summed E-state index contributed by atoms with van der Waals surface area (Å²) in [6.07, 6.45) is 8.65. The van der Waals surface area contributed by atoms with Crippen molar-refractivity contribution in [1.29, 1.82) is 0 Å². The van der Waals surface area contributed by atoms with Gasteiger partial charge in [-0.1, -0.05) is 26.2 Å². The molecule has 3 atom stereocenters. The van der Waals surface area contributed by atoms with E-state index in [1.165, 1.54) is 77.8 Å². The van der Waals surface area contributed by atoms with Crippen LogP contribution in [0.3, 0.4) is 0 Å². The van der Waals surface area contributed by atoms with E-state index >= 15 is 0 Å². The van der Waals surface area contributed by atoms with Gasteiger partial charge in [-0.25, -0.2) is 0 Å². The van der Waals surface area contributed by atoms with Crippen molar-refractivity contribution in [2.75, 3.05) is 52.5 Å². The first-order valence-corrected chi connectivity index (χ1v) is 9.32. The molecule has 2 heterocycles. The zero-order valence-corrected chi connectivity index (χ0v) is 13.9. The van der Waals surface area contributed by atoms with Crippen molar-refractivity contribution in [2.45, 2.75) is 45.4 Å². The lowest BCUT2D eigenvalue weighted by Crippen LogP contribution is -2.48. The van der Waals surface area contributed by atoms with Gasteiger partial charge in [-0.15, -0.1) is 0 Å². The predicted octanol–water partition coefficient (Wildman–Crippen LogP) is 2.86. The molecule has 122 valence electrons. The summed E-state index contributed by atoms with van der Waals surface area (Å²) in [5.74, 6) is 2.80. The van der Waals surface area contributed by atoms with E-state index in [0.717, 1.165) is 31.0 Å². The first-order valence-electron chi connectivity index (χ1n) is 9.32. The van der Waals surface area contributed by atoms with Crippen LogP contribution in [0.15, 0.2) is 0 Å². The van der Waals surface area contributed by atoms with Crippen LogP contribution in [0.25, 0.3) is 0 Å². The van der Waals surface area contributed by atoms with Crippen molar-refractivity contribution in [3.63, 3.8) is 0 Å². The highest BCUT2D eigenvalue weighted by Crippen LogP contribution is 2.30. The highest BCUT2D eigenvalue weighted by molar-refractivity contribution is 4.78. The molecule has 2 saturated heterocycles. The largest absolute Gasteiger partial charge is 0.381 e. The van der Waals surface area contributed by atoms with E-state index in [0.29, 0.717) is 0 Å². The molecule has 0 spiro atoms. The highest BCUT2D eigenvalue weighted by Gasteiger charge is 2.24. The Balaban J connectivity index is 1.30. The lowest BCUT2D eigenvalue weighted by molar-refractivity contribution is 0.103. The minimum Gasteiger partial charge on any atom is -0.381 e. The van der Waals surface area contributed by atoms with E-state index in [1.54, 1.807) is 0 Å². The van der Waals surface area contributed by atoms with Crippen LogP contribution < -0.4 is 0 Å². The van der Waals surface area contributed by atoms with Gasteiger partial charge in [0.1, 0.15) is 0 Å². The number of rotatable bonds is 5. The molecule has 0 unspecified atom stereocenters. The summed E-state index contributed by atoms with van der Waals surface area (Å²) >= 11 is 0. The topological polar surface area (TPSA) is 15.7 Å². The molecular weight excluding hydrogens is 260 g/mol. The summed E-state index contributed by atoms with van der Waals surface area (Å²) < 4.78 is 5.50.